The van der Waals surface area contributed by atoms with Gasteiger partial charge >= 0.3 is 12.0 Å². The number of aromatic nitrogens is 2. The molecule has 1 aliphatic heterocycles. The molecular weight excluding hydrogens is 469 g/mol. The lowest BCUT2D eigenvalue weighted by Gasteiger charge is -2.33. The summed E-state index contributed by atoms with van der Waals surface area (Å²) in [5.74, 6) is -1.50. The molecule has 1 saturated carbocycles. The minimum Gasteiger partial charge on any atom is -0.463 e. The maximum Gasteiger partial charge on any atom is 0.316 e. The maximum absolute atomic E-state index is 14.9. The Balaban J connectivity index is 0.00000361. The minimum atomic E-state index is -1.13. The first-order valence-corrected chi connectivity index (χ1v) is 11.5. The van der Waals surface area contributed by atoms with Gasteiger partial charge in [-0.15, -0.1) is 0 Å². The van der Waals surface area contributed by atoms with Crippen LogP contribution in [-0.2, 0) is 20.9 Å². The van der Waals surface area contributed by atoms with Crippen LogP contribution in [-0.4, -0.2) is 63.0 Å². The molecule has 1 aromatic carbocycles. The van der Waals surface area contributed by atoms with E-state index >= 15 is 0 Å². The van der Waals surface area contributed by atoms with Crippen molar-refractivity contribution in [2.75, 3.05) is 19.7 Å². The minimum absolute atomic E-state index is 0. The number of amidine groups is 1. The van der Waals surface area contributed by atoms with Crippen molar-refractivity contribution in [1.29, 1.82) is 5.41 Å². The third-order valence-electron chi connectivity index (χ3n) is 6.21. The van der Waals surface area contributed by atoms with E-state index < -0.39 is 17.4 Å². The summed E-state index contributed by atoms with van der Waals surface area (Å²) in [6.07, 6.45) is 5.21. The number of ether oxygens (including phenoxy) is 2. The first-order chi connectivity index (χ1) is 16.7. The molecule has 1 aromatic heterocycles. The smallest absolute Gasteiger partial charge is 0.316 e. The molecule has 2 aromatic rings. The fourth-order valence-corrected chi connectivity index (χ4v) is 3.93. The van der Waals surface area contributed by atoms with Crippen molar-refractivity contribution in [3.8, 4) is 17.1 Å². The molecular formula is C25H32FN5O5. The second kappa shape index (κ2) is 11.4. The van der Waals surface area contributed by atoms with Gasteiger partial charge in [-0.25, -0.2) is 14.4 Å². The van der Waals surface area contributed by atoms with Crippen molar-refractivity contribution in [3.63, 3.8) is 0 Å². The average molecular weight is 502 g/mol. The van der Waals surface area contributed by atoms with Crippen molar-refractivity contribution in [2.24, 2.45) is 11.7 Å². The first-order valence-electron chi connectivity index (χ1n) is 11.5. The molecule has 4 N–H and O–H groups in total. The van der Waals surface area contributed by atoms with Gasteiger partial charge in [0.05, 0.1) is 6.61 Å². The number of nitrogens with two attached hydrogens (primary N) is 1. The van der Waals surface area contributed by atoms with Crippen LogP contribution in [0.4, 0.5) is 4.39 Å². The van der Waals surface area contributed by atoms with Gasteiger partial charge < -0.3 is 25.2 Å². The number of hydrogen-bond donors (Lipinski definition) is 3. The number of carbonyl (C=O) groups excluding carboxylic acids is 2. The number of nitrogens with one attached hydrogen (secondary N) is 1. The number of hydrogen-bond acceptors (Lipinski definition) is 8. The summed E-state index contributed by atoms with van der Waals surface area (Å²) in [5.41, 5.74) is 4.91. The van der Waals surface area contributed by atoms with E-state index in [0.717, 1.165) is 12.8 Å². The summed E-state index contributed by atoms with van der Waals surface area (Å²) >= 11 is 0. The number of carbonyl (C=O) groups is 2. The fraction of sp³-hybridized carbons (Fsp3) is 0.480. The van der Waals surface area contributed by atoms with Crippen molar-refractivity contribution < 1.29 is 28.6 Å². The van der Waals surface area contributed by atoms with E-state index in [2.05, 4.69) is 9.97 Å². The number of esters is 1. The zero-order valence-corrected chi connectivity index (χ0v) is 19.2. The Hall–Kier alpha value is -3.60. The van der Waals surface area contributed by atoms with Crippen LogP contribution in [0.15, 0.2) is 30.6 Å². The number of halogens is 1. The first kappa shape index (κ1) is 27.0. The standard InChI is InChI=1S/C24H28FN5O5.CH4/c25-21-16(14-34-20(31)10-19(26)27)2-1-3-18(21)17-11-28-23(29-12-17)35-13-15-4-8-30(9-5-15)22(32)24(33)6-7-24;/h1-3,11-12,15,33H,4-10,13-14H2,(H3,26,27);1H4. The highest BCUT2D eigenvalue weighted by molar-refractivity contribution is 5.94. The fourth-order valence-electron chi connectivity index (χ4n) is 3.93. The number of amides is 1. The van der Waals surface area contributed by atoms with E-state index in [1.165, 1.54) is 18.5 Å². The maximum atomic E-state index is 14.9. The van der Waals surface area contributed by atoms with Gasteiger partial charge in [0.2, 0.25) is 0 Å². The van der Waals surface area contributed by atoms with Crippen molar-refractivity contribution in [1.82, 2.24) is 14.9 Å². The van der Waals surface area contributed by atoms with E-state index in [0.29, 0.717) is 38.1 Å². The molecule has 10 nitrogen and oxygen atoms in total. The van der Waals surface area contributed by atoms with E-state index in [1.54, 1.807) is 17.0 Å². The molecule has 0 bridgehead atoms. The highest BCUT2D eigenvalue weighted by Gasteiger charge is 2.50. The van der Waals surface area contributed by atoms with Gasteiger partial charge in [0, 0.05) is 42.2 Å². The predicted molar refractivity (Wildman–Crippen MR) is 129 cm³/mol. The summed E-state index contributed by atoms with van der Waals surface area (Å²) in [7, 11) is 0. The van der Waals surface area contributed by atoms with E-state index in [1.807, 2.05) is 0 Å². The summed E-state index contributed by atoms with van der Waals surface area (Å²) in [5, 5.41) is 17.1. The molecule has 0 unspecified atom stereocenters. The van der Waals surface area contributed by atoms with Crippen LogP contribution in [0, 0.1) is 17.1 Å². The number of nitrogens with zero attached hydrogens (tertiary/aromatic N) is 3. The molecule has 1 aliphatic carbocycles. The second-order valence-corrected chi connectivity index (χ2v) is 8.97. The lowest BCUT2D eigenvalue weighted by atomic mass is 9.97. The van der Waals surface area contributed by atoms with Crippen LogP contribution in [0.1, 0.15) is 45.1 Å². The predicted octanol–water partition coefficient (Wildman–Crippen LogP) is 2.43. The van der Waals surface area contributed by atoms with Crippen LogP contribution in [0.3, 0.4) is 0 Å². The number of aliphatic hydroxyl groups is 1. The zero-order valence-electron chi connectivity index (χ0n) is 19.2. The summed E-state index contributed by atoms with van der Waals surface area (Å²) in [6, 6.07) is 4.88. The topological polar surface area (TPSA) is 152 Å². The Kier molecular flexibility index (Phi) is 8.57. The Morgan fingerprint density at radius 3 is 2.50 bits per heavy atom. The molecule has 2 aliphatic rings. The molecule has 1 saturated heterocycles. The summed E-state index contributed by atoms with van der Waals surface area (Å²) in [6.45, 7) is 1.31. The van der Waals surface area contributed by atoms with Gasteiger partial charge in [0.1, 0.15) is 30.3 Å². The van der Waals surface area contributed by atoms with Gasteiger partial charge in [-0.2, -0.15) is 0 Å². The third-order valence-corrected chi connectivity index (χ3v) is 6.21. The van der Waals surface area contributed by atoms with E-state index in [4.69, 9.17) is 20.6 Å². The molecule has 194 valence electrons. The Bertz CT molecular complexity index is 1100. The SMILES string of the molecule is C.N=C(N)CC(=O)OCc1cccc(-c2cnc(OCC3CCN(C(=O)C4(O)CC4)CC3)nc2)c1F. The zero-order chi connectivity index (χ0) is 25.0. The number of piperidine rings is 1. The van der Waals surface area contributed by atoms with Gasteiger partial charge in [-0.05, 0) is 31.6 Å². The molecule has 0 radical (unpaired) electrons. The van der Waals surface area contributed by atoms with Gasteiger partial charge in [0.15, 0.2) is 0 Å². The van der Waals surface area contributed by atoms with Crippen molar-refractivity contribution in [3.05, 3.63) is 42.0 Å². The van der Waals surface area contributed by atoms with Crippen LogP contribution < -0.4 is 10.5 Å². The molecule has 0 spiro atoms. The second-order valence-electron chi connectivity index (χ2n) is 8.97. The highest BCUT2D eigenvalue weighted by atomic mass is 19.1. The number of likely N-dealkylation sites (tertiary alicyclic amines) is 1. The Labute approximate surface area is 209 Å². The van der Waals surface area contributed by atoms with Crippen LogP contribution in [0.2, 0.25) is 0 Å². The molecule has 2 fully saturated rings. The normalized spacial score (nSPS) is 16.6. The summed E-state index contributed by atoms with van der Waals surface area (Å²) < 4.78 is 25.6. The van der Waals surface area contributed by atoms with Crippen LogP contribution in [0.5, 0.6) is 6.01 Å². The largest absolute Gasteiger partial charge is 0.463 e. The van der Waals surface area contributed by atoms with E-state index in [9.17, 15) is 19.1 Å². The lowest BCUT2D eigenvalue weighted by Crippen LogP contribution is -2.45. The number of rotatable bonds is 9. The quantitative estimate of drug-likeness (QED) is 0.269. The molecule has 1 amide bonds. The number of benzene rings is 1. The molecule has 2 heterocycles. The molecule has 11 heteroatoms. The van der Waals surface area contributed by atoms with Gasteiger partial charge in [0.25, 0.3) is 5.91 Å². The van der Waals surface area contributed by atoms with Crippen molar-refractivity contribution in [2.45, 2.75) is 51.7 Å². The molecule has 0 atom stereocenters. The third kappa shape index (κ3) is 6.54. The van der Waals surface area contributed by atoms with Crippen molar-refractivity contribution >= 4 is 17.7 Å². The van der Waals surface area contributed by atoms with E-state index in [-0.39, 0.29) is 55.3 Å². The van der Waals surface area contributed by atoms with Gasteiger partial charge in [-0.1, -0.05) is 25.6 Å². The Morgan fingerprint density at radius 2 is 1.89 bits per heavy atom. The van der Waals surface area contributed by atoms with Gasteiger partial charge in [-0.3, -0.25) is 15.0 Å². The molecule has 4 rings (SSSR count). The lowest BCUT2D eigenvalue weighted by molar-refractivity contribution is -0.144. The summed E-state index contributed by atoms with van der Waals surface area (Å²) in [4.78, 5) is 33.9. The monoisotopic (exact) mass is 501 g/mol. The van der Waals surface area contributed by atoms with Crippen LogP contribution in [0.25, 0.3) is 11.1 Å². The highest BCUT2D eigenvalue weighted by Crippen LogP contribution is 2.37. The van der Waals surface area contributed by atoms with Crippen LogP contribution >= 0.6 is 0 Å². The molecule has 36 heavy (non-hydrogen) atoms. The Morgan fingerprint density at radius 1 is 1.22 bits per heavy atom. The average Bonchev–Trinajstić information content (AvgIpc) is 3.60.